The van der Waals surface area contributed by atoms with E-state index in [0.717, 1.165) is 36.0 Å². The average Bonchev–Trinajstić information content (AvgIpc) is 2.38. The Kier molecular flexibility index (Phi) is 5.43. The number of nitrogens with zero attached hydrogens (tertiary/aromatic N) is 1. The zero-order valence-electron chi connectivity index (χ0n) is 12.3. The van der Waals surface area contributed by atoms with E-state index in [4.69, 9.17) is 9.84 Å². The Balaban J connectivity index is 1.99. The van der Waals surface area contributed by atoms with Crippen LogP contribution in [0.4, 0.5) is 0 Å². The van der Waals surface area contributed by atoms with Crippen molar-refractivity contribution in [3.8, 4) is 17.6 Å². The third-order valence-corrected chi connectivity index (χ3v) is 3.62. The van der Waals surface area contributed by atoms with E-state index in [0.29, 0.717) is 6.42 Å². The molecule has 1 N–H and O–H groups in total. The Hall–Kier alpha value is -1.53. The summed E-state index contributed by atoms with van der Waals surface area (Å²) in [5, 5.41) is 8.72. The lowest BCUT2D eigenvalue weighted by molar-refractivity contribution is 0.101. The second kappa shape index (κ2) is 7.31. The molecule has 1 fully saturated rings. The number of ether oxygens (including phenoxy) is 1. The van der Waals surface area contributed by atoms with E-state index in [2.05, 4.69) is 30.7 Å². The Morgan fingerprint density at radius 2 is 2.00 bits per heavy atom. The molecule has 3 nitrogen and oxygen atoms in total. The molecule has 1 aromatic rings. The standard InChI is InChI=1S/C17H23NO2/c1-13-7-14(2)9-16(8-13)20-17-10-15(11-18-12-17)5-3-4-6-19/h10-14,16,19H,4,6-9H2,1-2H3. The van der Waals surface area contributed by atoms with Crippen LogP contribution in [0.25, 0.3) is 0 Å². The van der Waals surface area contributed by atoms with Crippen molar-refractivity contribution < 1.29 is 9.84 Å². The van der Waals surface area contributed by atoms with Gasteiger partial charge in [0, 0.05) is 18.2 Å². The third kappa shape index (κ3) is 4.54. The van der Waals surface area contributed by atoms with Gasteiger partial charge in [-0.3, -0.25) is 4.98 Å². The lowest BCUT2D eigenvalue weighted by Gasteiger charge is -2.31. The minimum absolute atomic E-state index is 0.0917. The molecule has 0 radical (unpaired) electrons. The van der Waals surface area contributed by atoms with Gasteiger partial charge in [-0.15, -0.1) is 0 Å². The first-order valence-corrected chi connectivity index (χ1v) is 7.38. The molecular formula is C17H23NO2. The van der Waals surface area contributed by atoms with Crippen molar-refractivity contribution in [3.05, 3.63) is 24.0 Å². The summed E-state index contributed by atoms with van der Waals surface area (Å²) in [6, 6.07) is 1.93. The summed E-state index contributed by atoms with van der Waals surface area (Å²) in [5.74, 6) is 8.14. The number of aliphatic hydroxyl groups is 1. The lowest BCUT2D eigenvalue weighted by Crippen LogP contribution is -2.28. The quantitative estimate of drug-likeness (QED) is 0.861. The molecule has 1 aromatic heterocycles. The highest BCUT2D eigenvalue weighted by molar-refractivity contribution is 5.36. The first-order valence-electron chi connectivity index (χ1n) is 7.38. The maximum absolute atomic E-state index is 8.72. The second-order valence-corrected chi connectivity index (χ2v) is 5.84. The van der Waals surface area contributed by atoms with Gasteiger partial charge in [-0.2, -0.15) is 0 Å². The van der Waals surface area contributed by atoms with E-state index in [1.807, 2.05) is 6.07 Å². The van der Waals surface area contributed by atoms with E-state index < -0.39 is 0 Å². The van der Waals surface area contributed by atoms with Crippen LogP contribution in [0.1, 0.15) is 45.1 Å². The van der Waals surface area contributed by atoms with Gasteiger partial charge < -0.3 is 9.84 Å². The molecule has 0 aliphatic heterocycles. The minimum Gasteiger partial charge on any atom is -0.489 e. The molecular weight excluding hydrogens is 250 g/mol. The highest BCUT2D eigenvalue weighted by Gasteiger charge is 2.25. The van der Waals surface area contributed by atoms with Gasteiger partial charge in [0.2, 0.25) is 0 Å². The summed E-state index contributed by atoms with van der Waals surface area (Å²) < 4.78 is 6.06. The van der Waals surface area contributed by atoms with Crippen molar-refractivity contribution in [1.82, 2.24) is 4.98 Å². The maximum atomic E-state index is 8.72. The lowest BCUT2D eigenvalue weighted by atomic mass is 9.82. The smallest absolute Gasteiger partial charge is 0.139 e. The summed E-state index contributed by atoms with van der Waals surface area (Å²) in [5.41, 5.74) is 0.841. The Morgan fingerprint density at radius 3 is 2.70 bits per heavy atom. The molecule has 1 aliphatic carbocycles. The minimum atomic E-state index is 0.0917. The molecule has 0 saturated heterocycles. The molecule has 20 heavy (non-hydrogen) atoms. The number of rotatable bonds is 3. The van der Waals surface area contributed by atoms with E-state index >= 15 is 0 Å². The first kappa shape index (κ1) is 14.9. The zero-order chi connectivity index (χ0) is 14.4. The Labute approximate surface area is 121 Å². The van der Waals surface area contributed by atoms with Gasteiger partial charge in [0.15, 0.2) is 0 Å². The molecule has 1 saturated carbocycles. The number of hydrogen-bond acceptors (Lipinski definition) is 3. The molecule has 0 spiro atoms. The van der Waals surface area contributed by atoms with Gasteiger partial charge in [-0.25, -0.2) is 0 Å². The highest BCUT2D eigenvalue weighted by atomic mass is 16.5. The van der Waals surface area contributed by atoms with E-state index in [1.165, 1.54) is 6.42 Å². The van der Waals surface area contributed by atoms with Gasteiger partial charge in [-0.1, -0.05) is 25.7 Å². The fourth-order valence-corrected chi connectivity index (χ4v) is 2.93. The highest BCUT2D eigenvalue weighted by Crippen LogP contribution is 2.31. The number of pyridine rings is 1. The van der Waals surface area contributed by atoms with Crippen molar-refractivity contribution in [2.24, 2.45) is 11.8 Å². The summed E-state index contributed by atoms with van der Waals surface area (Å²) in [6.45, 7) is 4.68. The van der Waals surface area contributed by atoms with Crippen LogP contribution in [0.15, 0.2) is 18.5 Å². The molecule has 3 heteroatoms. The molecule has 108 valence electrons. The van der Waals surface area contributed by atoms with Gasteiger partial charge in [0.25, 0.3) is 0 Å². The van der Waals surface area contributed by atoms with Crippen LogP contribution in [-0.4, -0.2) is 22.8 Å². The van der Waals surface area contributed by atoms with Gasteiger partial charge in [-0.05, 0) is 37.2 Å². The van der Waals surface area contributed by atoms with Crippen LogP contribution >= 0.6 is 0 Å². The fourth-order valence-electron chi connectivity index (χ4n) is 2.93. The summed E-state index contributed by atoms with van der Waals surface area (Å²) in [6.07, 6.45) is 7.78. The molecule has 0 bridgehead atoms. The SMILES string of the molecule is CC1CC(C)CC(Oc2cncc(C#CCCO)c2)C1. The van der Waals surface area contributed by atoms with Crippen molar-refractivity contribution in [1.29, 1.82) is 0 Å². The predicted octanol–water partition coefficient (Wildman–Crippen LogP) is 3.02. The van der Waals surface area contributed by atoms with Crippen molar-refractivity contribution >= 4 is 0 Å². The molecule has 1 aliphatic rings. The van der Waals surface area contributed by atoms with E-state index in [9.17, 15) is 0 Å². The van der Waals surface area contributed by atoms with Crippen LogP contribution in [0.2, 0.25) is 0 Å². The Bertz CT molecular complexity index is 479. The maximum Gasteiger partial charge on any atom is 0.139 e. The van der Waals surface area contributed by atoms with Gasteiger partial charge >= 0.3 is 0 Å². The van der Waals surface area contributed by atoms with Crippen LogP contribution in [-0.2, 0) is 0 Å². The topological polar surface area (TPSA) is 42.4 Å². The average molecular weight is 273 g/mol. The van der Waals surface area contributed by atoms with Gasteiger partial charge in [0.05, 0.1) is 18.9 Å². The summed E-state index contributed by atoms with van der Waals surface area (Å²) in [7, 11) is 0. The van der Waals surface area contributed by atoms with Crippen LogP contribution in [0.3, 0.4) is 0 Å². The van der Waals surface area contributed by atoms with Crippen LogP contribution in [0, 0.1) is 23.7 Å². The third-order valence-electron chi connectivity index (χ3n) is 3.62. The van der Waals surface area contributed by atoms with Crippen LogP contribution in [0.5, 0.6) is 5.75 Å². The number of aromatic nitrogens is 1. The van der Waals surface area contributed by atoms with Crippen molar-refractivity contribution in [2.45, 2.75) is 45.6 Å². The van der Waals surface area contributed by atoms with Crippen LogP contribution < -0.4 is 4.74 Å². The monoisotopic (exact) mass is 273 g/mol. The summed E-state index contributed by atoms with van der Waals surface area (Å²) >= 11 is 0. The van der Waals surface area contributed by atoms with E-state index in [1.54, 1.807) is 12.4 Å². The summed E-state index contributed by atoms with van der Waals surface area (Å²) in [4.78, 5) is 4.18. The molecule has 0 amide bonds. The molecule has 2 unspecified atom stereocenters. The first-order chi connectivity index (χ1) is 9.67. The largest absolute Gasteiger partial charge is 0.489 e. The van der Waals surface area contributed by atoms with Gasteiger partial charge in [0.1, 0.15) is 5.75 Å². The molecule has 2 atom stereocenters. The second-order valence-electron chi connectivity index (χ2n) is 5.84. The Morgan fingerprint density at radius 1 is 1.25 bits per heavy atom. The number of hydrogen-bond donors (Lipinski definition) is 1. The molecule has 0 aromatic carbocycles. The predicted molar refractivity (Wildman–Crippen MR) is 79.4 cm³/mol. The molecule has 1 heterocycles. The normalized spacial score (nSPS) is 25.6. The van der Waals surface area contributed by atoms with E-state index in [-0.39, 0.29) is 12.7 Å². The molecule has 2 rings (SSSR count). The van der Waals surface area contributed by atoms with Crippen molar-refractivity contribution in [3.63, 3.8) is 0 Å². The zero-order valence-corrected chi connectivity index (χ0v) is 12.3. The number of aliphatic hydroxyl groups excluding tert-OH is 1. The fraction of sp³-hybridized carbons (Fsp3) is 0.588. The van der Waals surface area contributed by atoms with Crippen molar-refractivity contribution in [2.75, 3.05) is 6.61 Å².